The van der Waals surface area contributed by atoms with Gasteiger partial charge in [-0.1, -0.05) is 0 Å². The second-order valence-corrected chi connectivity index (χ2v) is 3.29. The Bertz CT molecular complexity index is 349. The van der Waals surface area contributed by atoms with Gasteiger partial charge in [0, 0.05) is 13.3 Å². The van der Waals surface area contributed by atoms with Crippen molar-refractivity contribution in [2.75, 3.05) is 6.54 Å². The summed E-state index contributed by atoms with van der Waals surface area (Å²) in [6.45, 7) is 2.21. The monoisotopic (exact) mass is 213 g/mol. The number of hydrogen-bond acceptors (Lipinski definition) is 5. The first-order valence-corrected chi connectivity index (χ1v) is 4.71. The molecule has 1 rings (SSSR count). The van der Waals surface area contributed by atoms with Crippen molar-refractivity contribution in [3.05, 3.63) is 22.1 Å². The minimum Gasteiger partial charge on any atom is -0.358 e. The molecule has 0 aliphatic rings. The van der Waals surface area contributed by atoms with E-state index in [1.807, 2.05) is 0 Å². The highest BCUT2D eigenvalue weighted by atomic mass is 16.6. The molecule has 0 saturated heterocycles. The minimum absolute atomic E-state index is 0.0722. The van der Waals surface area contributed by atoms with Crippen molar-refractivity contribution in [3.8, 4) is 0 Å². The number of rotatable bonds is 5. The molecule has 0 aliphatic carbocycles. The molecule has 0 aromatic carbocycles. The van der Waals surface area contributed by atoms with Crippen LogP contribution in [0.4, 0.5) is 5.82 Å². The van der Waals surface area contributed by atoms with E-state index >= 15 is 0 Å². The van der Waals surface area contributed by atoms with Crippen LogP contribution in [0.2, 0.25) is 0 Å². The highest BCUT2D eigenvalue weighted by Crippen LogP contribution is 2.19. The Balaban J connectivity index is 2.90. The summed E-state index contributed by atoms with van der Waals surface area (Å²) in [7, 11) is 0. The Labute approximate surface area is 87.2 Å². The van der Waals surface area contributed by atoms with Crippen molar-refractivity contribution in [3.63, 3.8) is 0 Å². The second kappa shape index (κ2) is 4.85. The van der Waals surface area contributed by atoms with Crippen LogP contribution < -0.4 is 11.5 Å². The summed E-state index contributed by atoms with van der Waals surface area (Å²) < 4.78 is 1.43. The van der Waals surface area contributed by atoms with Gasteiger partial charge >= 0.3 is 5.82 Å². The average Bonchev–Trinajstić information content (AvgIpc) is 2.56. The Morgan fingerprint density at radius 2 is 2.40 bits per heavy atom. The molecule has 1 atom stereocenters. The third-order valence-corrected chi connectivity index (χ3v) is 2.19. The van der Waals surface area contributed by atoms with E-state index in [0.29, 0.717) is 18.8 Å². The summed E-state index contributed by atoms with van der Waals surface area (Å²) in [6, 6.07) is 0. The van der Waals surface area contributed by atoms with E-state index in [1.54, 1.807) is 6.92 Å². The minimum atomic E-state index is -0.484. The molecule has 0 radical (unpaired) electrons. The molecule has 84 valence electrons. The molecule has 0 aliphatic heterocycles. The van der Waals surface area contributed by atoms with Crippen molar-refractivity contribution in [2.24, 2.45) is 11.5 Å². The van der Waals surface area contributed by atoms with Crippen LogP contribution in [0, 0.1) is 17.0 Å². The normalized spacial score (nSPS) is 12.7. The van der Waals surface area contributed by atoms with Crippen molar-refractivity contribution in [1.29, 1.82) is 0 Å². The standard InChI is InChI=1S/C8H15N5O2/c1-6-11-5-8(13(14)15)12(6)7(10)3-2-4-9/h5,7H,2-4,9-10H2,1H3. The van der Waals surface area contributed by atoms with Crippen LogP contribution in [-0.4, -0.2) is 21.0 Å². The molecule has 0 bridgehead atoms. The van der Waals surface area contributed by atoms with E-state index in [9.17, 15) is 10.1 Å². The molecule has 7 nitrogen and oxygen atoms in total. The SMILES string of the molecule is Cc1ncc([N+](=O)[O-])n1C(N)CCCN. The first kappa shape index (κ1) is 11.6. The van der Waals surface area contributed by atoms with Crippen molar-refractivity contribution >= 4 is 5.82 Å². The van der Waals surface area contributed by atoms with Gasteiger partial charge in [-0.2, -0.15) is 4.57 Å². The summed E-state index contributed by atoms with van der Waals surface area (Å²) in [5.74, 6) is 0.475. The second-order valence-electron chi connectivity index (χ2n) is 3.29. The Morgan fingerprint density at radius 3 is 2.93 bits per heavy atom. The number of nitro groups is 1. The van der Waals surface area contributed by atoms with Gasteiger partial charge in [0.2, 0.25) is 0 Å². The highest BCUT2D eigenvalue weighted by Gasteiger charge is 2.22. The summed E-state index contributed by atoms with van der Waals surface area (Å²) in [4.78, 5) is 14.1. The molecule has 0 fully saturated rings. The van der Waals surface area contributed by atoms with Crippen LogP contribution in [-0.2, 0) is 0 Å². The van der Waals surface area contributed by atoms with Gasteiger partial charge in [0.1, 0.15) is 6.20 Å². The lowest BCUT2D eigenvalue weighted by Gasteiger charge is -2.10. The maximum atomic E-state index is 10.7. The van der Waals surface area contributed by atoms with Crippen LogP contribution in [0.25, 0.3) is 0 Å². The van der Waals surface area contributed by atoms with Crippen molar-refractivity contribution < 1.29 is 4.92 Å². The molecule has 1 heterocycles. The van der Waals surface area contributed by atoms with Gasteiger partial charge in [0.05, 0.1) is 0 Å². The van der Waals surface area contributed by atoms with Crippen LogP contribution in [0.1, 0.15) is 24.8 Å². The zero-order chi connectivity index (χ0) is 11.4. The number of nitrogens with zero attached hydrogens (tertiary/aromatic N) is 3. The maximum absolute atomic E-state index is 10.7. The van der Waals surface area contributed by atoms with Gasteiger partial charge in [-0.3, -0.25) is 5.73 Å². The van der Waals surface area contributed by atoms with Gasteiger partial charge in [0.15, 0.2) is 12.0 Å². The van der Waals surface area contributed by atoms with Crippen molar-refractivity contribution in [2.45, 2.75) is 25.9 Å². The van der Waals surface area contributed by atoms with Gasteiger partial charge < -0.3 is 15.8 Å². The molecular formula is C8H15N5O2. The van der Waals surface area contributed by atoms with E-state index in [4.69, 9.17) is 11.5 Å². The number of nitrogens with two attached hydrogens (primary N) is 2. The highest BCUT2D eigenvalue weighted by molar-refractivity contribution is 5.19. The molecular weight excluding hydrogens is 198 g/mol. The average molecular weight is 213 g/mol. The van der Waals surface area contributed by atoms with Crippen LogP contribution in [0.3, 0.4) is 0 Å². The summed E-state index contributed by atoms with van der Waals surface area (Å²) in [5.41, 5.74) is 11.2. The van der Waals surface area contributed by atoms with Crippen molar-refractivity contribution in [1.82, 2.24) is 9.55 Å². The lowest BCUT2D eigenvalue weighted by atomic mass is 10.2. The molecule has 1 aromatic rings. The molecule has 0 spiro atoms. The number of imidazole rings is 1. The first-order chi connectivity index (χ1) is 7.07. The van der Waals surface area contributed by atoms with E-state index in [-0.39, 0.29) is 5.82 Å². The summed E-state index contributed by atoms with van der Waals surface area (Å²) >= 11 is 0. The molecule has 15 heavy (non-hydrogen) atoms. The fourth-order valence-electron chi connectivity index (χ4n) is 1.44. The van der Waals surface area contributed by atoms with Gasteiger partial charge in [0.25, 0.3) is 0 Å². The van der Waals surface area contributed by atoms with Crippen LogP contribution >= 0.6 is 0 Å². The van der Waals surface area contributed by atoms with Gasteiger partial charge in [-0.25, -0.2) is 4.98 Å². The molecule has 1 aromatic heterocycles. The smallest absolute Gasteiger partial charge is 0.344 e. The van der Waals surface area contributed by atoms with E-state index in [0.717, 1.165) is 6.42 Å². The zero-order valence-electron chi connectivity index (χ0n) is 8.59. The largest absolute Gasteiger partial charge is 0.358 e. The van der Waals surface area contributed by atoms with Crippen LogP contribution in [0.15, 0.2) is 6.20 Å². The lowest BCUT2D eigenvalue weighted by Crippen LogP contribution is -2.22. The molecule has 1 unspecified atom stereocenters. The third-order valence-electron chi connectivity index (χ3n) is 2.19. The predicted molar refractivity (Wildman–Crippen MR) is 55.1 cm³/mol. The van der Waals surface area contributed by atoms with Crippen LogP contribution in [0.5, 0.6) is 0 Å². The Hall–Kier alpha value is -1.47. The van der Waals surface area contributed by atoms with E-state index in [2.05, 4.69) is 4.98 Å². The zero-order valence-corrected chi connectivity index (χ0v) is 8.59. The summed E-state index contributed by atoms with van der Waals surface area (Å²) in [6.07, 6.45) is 2.12. The molecule has 0 amide bonds. The van der Waals surface area contributed by atoms with Gasteiger partial charge in [-0.05, 0) is 17.9 Å². The fourth-order valence-corrected chi connectivity index (χ4v) is 1.44. The predicted octanol–water partition coefficient (Wildman–Crippen LogP) is 0.296. The van der Waals surface area contributed by atoms with E-state index < -0.39 is 11.1 Å². The number of aryl methyl sites for hydroxylation is 1. The molecule has 0 saturated carbocycles. The third kappa shape index (κ3) is 2.51. The molecule has 4 N–H and O–H groups in total. The van der Waals surface area contributed by atoms with Gasteiger partial charge in [-0.15, -0.1) is 0 Å². The maximum Gasteiger partial charge on any atom is 0.344 e. The molecule has 7 heteroatoms. The lowest BCUT2D eigenvalue weighted by molar-refractivity contribution is -0.392. The fraction of sp³-hybridized carbons (Fsp3) is 0.625. The topological polar surface area (TPSA) is 113 Å². The summed E-state index contributed by atoms with van der Waals surface area (Å²) in [5, 5.41) is 10.7. The first-order valence-electron chi connectivity index (χ1n) is 4.71. The Kier molecular flexibility index (Phi) is 3.75. The number of aromatic nitrogens is 2. The van der Waals surface area contributed by atoms with E-state index in [1.165, 1.54) is 10.8 Å². The number of hydrogen-bond donors (Lipinski definition) is 2. The Morgan fingerprint density at radius 1 is 1.73 bits per heavy atom. The quantitative estimate of drug-likeness (QED) is 0.539.